The molecule has 0 saturated heterocycles. The zero-order valence-corrected chi connectivity index (χ0v) is 11.1. The summed E-state index contributed by atoms with van der Waals surface area (Å²) < 4.78 is 0. The van der Waals surface area contributed by atoms with Gasteiger partial charge in [-0.25, -0.2) is 0 Å². The minimum atomic E-state index is -0.644. The predicted molar refractivity (Wildman–Crippen MR) is 65.3 cm³/mol. The van der Waals surface area contributed by atoms with E-state index >= 15 is 0 Å². The van der Waals surface area contributed by atoms with Crippen molar-refractivity contribution < 1.29 is 0 Å². The van der Waals surface area contributed by atoms with Crippen LogP contribution in [0.2, 0.25) is 0 Å². The number of hydrogen-bond donors (Lipinski definition) is 0. The summed E-state index contributed by atoms with van der Waals surface area (Å²) in [5.41, 5.74) is 0. The molecule has 1 aliphatic rings. The lowest BCUT2D eigenvalue weighted by atomic mass is 9.70. The maximum absolute atomic E-state index is 2.54. The van der Waals surface area contributed by atoms with E-state index in [1.807, 2.05) is 0 Å². The molecule has 0 aromatic carbocycles. The van der Waals surface area contributed by atoms with Gasteiger partial charge < -0.3 is 0 Å². The molecule has 1 fully saturated rings. The average molecular weight is 201 g/mol. The Morgan fingerprint density at radius 2 is 1.85 bits per heavy atom. The van der Waals surface area contributed by atoms with Crippen LogP contribution in [0, 0.1) is 11.8 Å². The largest absolute Gasteiger partial charge is 0.0791 e. The summed E-state index contributed by atoms with van der Waals surface area (Å²) in [6.07, 6.45) is 4.43. The summed E-state index contributed by atoms with van der Waals surface area (Å²) in [6.45, 7) is 14.8. The van der Waals surface area contributed by atoms with E-state index in [2.05, 4.69) is 40.8 Å². The van der Waals surface area contributed by atoms with Gasteiger partial charge in [0.2, 0.25) is 0 Å². The zero-order valence-electron chi connectivity index (χ0n) is 10.2. The van der Waals surface area contributed by atoms with Crippen molar-refractivity contribution in [2.75, 3.05) is 20.0 Å². The molecule has 1 rings (SSSR count). The molecule has 0 aromatic rings. The van der Waals surface area contributed by atoms with Crippen LogP contribution in [0.4, 0.5) is 0 Å². The van der Waals surface area contributed by atoms with E-state index in [9.17, 15) is 0 Å². The lowest BCUT2D eigenvalue weighted by Crippen LogP contribution is -2.46. The van der Waals surface area contributed by atoms with E-state index in [1.165, 1.54) is 19.3 Å². The summed E-state index contributed by atoms with van der Waals surface area (Å²) in [7, 11) is -0.644. The quantitative estimate of drug-likeness (QED) is 0.603. The van der Waals surface area contributed by atoms with Crippen LogP contribution in [0.1, 0.15) is 40.0 Å². The SMILES string of the molecule is CC(C)CC1CCC1(C)[P+](C)(C)C. The standard InChI is InChI=1S/C12H26P/c1-10(2)9-11-7-8-12(11,3)13(4,5)6/h10-11H,7-9H2,1-6H3/q+1. The highest BCUT2D eigenvalue weighted by Gasteiger charge is 2.55. The van der Waals surface area contributed by atoms with Crippen molar-refractivity contribution in [3.05, 3.63) is 0 Å². The van der Waals surface area contributed by atoms with Crippen molar-refractivity contribution in [3.8, 4) is 0 Å². The Morgan fingerprint density at radius 1 is 1.31 bits per heavy atom. The monoisotopic (exact) mass is 201 g/mol. The van der Waals surface area contributed by atoms with E-state index in [-0.39, 0.29) is 0 Å². The highest BCUT2D eigenvalue weighted by atomic mass is 31.2. The van der Waals surface area contributed by atoms with Crippen LogP contribution in [0.5, 0.6) is 0 Å². The minimum absolute atomic E-state index is 0.644. The maximum Gasteiger partial charge on any atom is 0.0791 e. The number of hydrogen-bond acceptors (Lipinski definition) is 0. The Bertz CT molecular complexity index is 178. The van der Waals surface area contributed by atoms with E-state index in [4.69, 9.17) is 0 Å². The third-order valence-electron chi connectivity index (χ3n) is 4.17. The van der Waals surface area contributed by atoms with E-state index in [1.54, 1.807) is 0 Å². The highest BCUT2D eigenvalue weighted by Crippen LogP contribution is 2.70. The molecule has 0 N–H and O–H groups in total. The summed E-state index contributed by atoms with van der Waals surface area (Å²) in [6, 6.07) is 0. The maximum atomic E-state index is 2.54. The molecule has 1 heteroatoms. The second kappa shape index (κ2) is 3.54. The molecule has 0 radical (unpaired) electrons. The van der Waals surface area contributed by atoms with Gasteiger partial charge in [0, 0.05) is 27.3 Å². The molecule has 13 heavy (non-hydrogen) atoms. The van der Waals surface area contributed by atoms with Crippen LogP contribution < -0.4 is 0 Å². The van der Waals surface area contributed by atoms with Crippen LogP contribution in [0.25, 0.3) is 0 Å². The molecule has 78 valence electrons. The average Bonchev–Trinajstić information content (AvgIpc) is 1.94. The van der Waals surface area contributed by atoms with Crippen LogP contribution in [-0.2, 0) is 0 Å². The molecule has 1 saturated carbocycles. The van der Waals surface area contributed by atoms with Gasteiger partial charge in [-0.15, -0.1) is 0 Å². The third kappa shape index (κ3) is 2.09. The molecular weight excluding hydrogens is 175 g/mol. The fourth-order valence-corrected chi connectivity index (χ4v) is 4.72. The summed E-state index contributed by atoms with van der Waals surface area (Å²) >= 11 is 0. The highest BCUT2D eigenvalue weighted by molar-refractivity contribution is 7.75. The molecule has 2 atom stereocenters. The first-order valence-electron chi connectivity index (χ1n) is 5.59. The molecule has 0 nitrogen and oxygen atoms in total. The molecule has 0 spiro atoms. The molecular formula is C12H26P+. The second-order valence-electron chi connectivity index (χ2n) is 6.23. The summed E-state index contributed by atoms with van der Waals surface area (Å²) in [4.78, 5) is 0. The summed E-state index contributed by atoms with van der Waals surface area (Å²) in [5.74, 6) is 1.91. The van der Waals surface area contributed by atoms with Gasteiger partial charge >= 0.3 is 0 Å². The lowest BCUT2D eigenvalue weighted by Gasteiger charge is -2.51. The molecule has 2 unspecified atom stereocenters. The minimum Gasteiger partial charge on any atom is -0.0628 e. The first-order chi connectivity index (χ1) is 5.77. The smallest absolute Gasteiger partial charge is 0.0628 e. The number of rotatable bonds is 3. The Labute approximate surface area is 84.8 Å². The van der Waals surface area contributed by atoms with Gasteiger partial charge in [-0.05, 0) is 38.0 Å². The van der Waals surface area contributed by atoms with Gasteiger partial charge in [0.05, 0.1) is 5.16 Å². The predicted octanol–water partition coefficient (Wildman–Crippen LogP) is 4.11. The summed E-state index contributed by atoms with van der Waals surface area (Å²) in [5, 5.41) is 0.720. The Hall–Kier alpha value is 0.430. The van der Waals surface area contributed by atoms with Crippen LogP contribution in [0.3, 0.4) is 0 Å². The molecule has 0 bridgehead atoms. The first kappa shape index (κ1) is 11.5. The zero-order chi connectivity index (χ0) is 10.3. The topological polar surface area (TPSA) is 0 Å². The van der Waals surface area contributed by atoms with Crippen molar-refractivity contribution in [2.24, 2.45) is 11.8 Å². The van der Waals surface area contributed by atoms with E-state index in [0.717, 1.165) is 17.0 Å². The fraction of sp³-hybridized carbons (Fsp3) is 1.00. The van der Waals surface area contributed by atoms with E-state index < -0.39 is 7.26 Å². The van der Waals surface area contributed by atoms with Crippen LogP contribution in [-0.4, -0.2) is 25.2 Å². The van der Waals surface area contributed by atoms with Crippen molar-refractivity contribution in [1.82, 2.24) is 0 Å². The molecule has 0 aromatic heterocycles. The Kier molecular flexibility index (Phi) is 3.13. The van der Waals surface area contributed by atoms with Crippen molar-refractivity contribution in [1.29, 1.82) is 0 Å². The van der Waals surface area contributed by atoms with Gasteiger partial charge in [-0.1, -0.05) is 13.8 Å². The molecule has 1 aliphatic carbocycles. The van der Waals surface area contributed by atoms with Gasteiger partial charge in [0.1, 0.15) is 0 Å². The van der Waals surface area contributed by atoms with Crippen molar-refractivity contribution >= 4 is 7.26 Å². The van der Waals surface area contributed by atoms with Crippen LogP contribution in [0.15, 0.2) is 0 Å². The second-order valence-corrected chi connectivity index (χ2v) is 11.3. The van der Waals surface area contributed by atoms with Crippen LogP contribution >= 0.6 is 7.26 Å². The van der Waals surface area contributed by atoms with Gasteiger partial charge in [-0.2, -0.15) is 0 Å². The van der Waals surface area contributed by atoms with Gasteiger partial charge in [0.15, 0.2) is 0 Å². The fourth-order valence-electron chi connectivity index (χ4n) is 2.59. The van der Waals surface area contributed by atoms with Crippen molar-refractivity contribution in [2.45, 2.75) is 45.2 Å². The molecule has 0 amide bonds. The van der Waals surface area contributed by atoms with E-state index in [0.29, 0.717) is 0 Å². The van der Waals surface area contributed by atoms with Crippen molar-refractivity contribution in [3.63, 3.8) is 0 Å². The first-order valence-corrected chi connectivity index (χ1v) is 8.72. The molecule has 0 aliphatic heterocycles. The third-order valence-corrected chi connectivity index (χ3v) is 7.82. The Balaban J connectivity index is 2.61. The lowest BCUT2D eigenvalue weighted by molar-refractivity contribution is 0.191. The van der Waals surface area contributed by atoms with Gasteiger partial charge in [-0.3, -0.25) is 0 Å². The van der Waals surface area contributed by atoms with Gasteiger partial charge in [0.25, 0.3) is 0 Å². The normalized spacial score (nSPS) is 34.8. The molecule has 0 heterocycles. The Morgan fingerprint density at radius 3 is 2.08 bits per heavy atom.